The first-order valence-electron chi connectivity index (χ1n) is 8.59. The molecule has 0 atom stereocenters. The SMILES string of the molecule is NC(N)=NCC1CCC(C(=O)Oc2c(Cl)cc(Cl)c3ccccc23)CC1. The first-order chi connectivity index (χ1) is 12.5. The molecule has 0 spiro atoms. The minimum absolute atomic E-state index is 0.107. The molecular weight excluding hydrogens is 373 g/mol. The third-order valence-corrected chi connectivity index (χ3v) is 5.41. The summed E-state index contributed by atoms with van der Waals surface area (Å²) >= 11 is 12.5. The Hall–Kier alpha value is -1.98. The molecule has 2 aromatic carbocycles. The van der Waals surface area contributed by atoms with E-state index in [9.17, 15) is 4.79 Å². The van der Waals surface area contributed by atoms with Crippen LogP contribution in [0.5, 0.6) is 5.75 Å². The molecule has 3 rings (SSSR count). The van der Waals surface area contributed by atoms with Crippen molar-refractivity contribution in [3.8, 4) is 5.75 Å². The molecule has 1 aliphatic carbocycles. The molecule has 0 saturated heterocycles. The van der Waals surface area contributed by atoms with Gasteiger partial charge in [-0.05, 0) is 37.7 Å². The van der Waals surface area contributed by atoms with E-state index in [4.69, 9.17) is 39.4 Å². The van der Waals surface area contributed by atoms with Crippen LogP contribution < -0.4 is 16.2 Å². The quantitative estimate of drug-likeness (QED) is 0.353. The van der Waals surface area contributed by atoms with Gasteiger partial charge in [-0.2, -0.15) is 0 Å². The fraction of sp³-hybridized carbons (Fsp3) is 0.368. The Morgan fingerprint density at radius 1 is 1.08 bits per heavy atom. The first-order valence-corrected chi connectivity index (χ1v) is 9.35. The number of fused-ring (bicyclic) bond motifs is 1. The van der Waals surface area contributed by atoms with Gasteiger partial charge in [-0.3, -0.25) is 9.79 Å². The molecule has 138 valence electrons. The van der Waals surface area contributed by atoms with Crippen molar-refractivity contribution in [3.05, 3.63) is 40.4 Å². The largest absolute Gasteiger partial charge is 0.424 e. The maximum atomic E-state index is 12.6. The summed E-state index contributed by atoms with van der Waals surface area (Å²) in [5.41, 5.74) is 10.7. The van der Waals surface area contributed by atoms with Gasteiger partial charge in [0.15, 0.2) is 11.7 Å². The summed E-state index contributed by atoms with van der Waals surface area (Å²) < 4.78 is 5.69. The van der Waals surface area contributed by atoms with Crippen molar-refractivity contribution in [1.82, 2.24) is 0 Å². The zero-order valence-electron chi connectivity index (χ0n) is 14.3. The molecule has 0 radical (unpaired) electrons. The van der Waals surface area contributed by atoms with Gasteiger partial charge in [0.25, 0.3) is 0 Å². The molecule has 0 bridgehead atoms. The molecule has 0 unspecified atom stereocenters. The molecule has 1 aliphatic rings. The minimum Gasteiger partial charge on any atom is -0.424 e. The average molecular weight is 394 g/mol. The van der Waals surface area contributed by atoms with Crippen LogP contribution in [0.2, 0.25) is 10.0 Å². The van der Waals surface area contributed by atoms with E-state index in [0.717, 1.165) is 36.5 Å². The Morgan fingerprint density at radius 2 is 1.73 bits per heavy atom. The van der Waals surface area contributed by atoms with Crippen LogP contribution >= 0.6 is 23.2 Å². The fourth-order valence-corrected chi connectivity index (χ4v) is 3.95. The Kier molecular flexibility index (Phi) is 5.89. The van der Waals surface area contributed by atoms with Gasteiger partial charge >= 0.3 is 5.97 Å². The second-order valence-corrected chi connectivity index (χ2v) is 7.43. The van der Waals surface area contributed by atoms with E-state index in [2.05, 4.69) is 4.99 Å². The van der Waals surface area contributed by atoms with E-state index in [0.29, 0.717) is 28.3 Å². The van der Waals surface area contributed by atoms with Crippen LogP contribution in [0, 0.1) is 11.8 Å². The molecule has 0 amide bonds. The second kappa shape index (κ2) is 8.14. The van der Waals surface area contributed by atoms with Crippen molar-refractivity contribution in [2.45, 2.75) is 25.7 Å². The maximum absolute atomic E-state index is 12.6. The van der Waals surface area contributed by atoms with Crippen molar-refractivity contribution in [2.24, 2.45) is 28.3 Å². The Labute approximate surface area is 162 Å². The molecule has 7 heteroatoms. The van der Waals surface area contributed by atoms with Crippen LogP contribution in [-0.2, 0) is 4.79 Å². The smallest absolute Gasteiger partial charge is 0.314 e. The highest BCUT2D eigenvalue weighted by molar-refractivity contribution is 6.40. The fourth-order valence-electron chi connectivity index (χ4n) is 3.38. The summed E-state index contributed by atoms with van der Waals surface area (Å²) in [7, 11) is 0. The molecule has 5 nitrogen and oxygen atoms in total. The standard InChI is InChI=1S/C19H21Cl2N3O2/c20-15-9-16(21)17(14-4-2-1-3-13(14)15)26-18(25)12-7-5-11(6-8-12)10-24-19(22)23/h1-4,9,11-12H,5-8,10H2,(H4,22,23,24). The number of hydrogen-bond acceptors (Lipinski definition) is 3. The summed E-state index contributed by atoms with van der Waals surface area (Å²) in [5, 5.41) is 2.41. The number of carbonyl (C=O) groups excluding carboxylic acids is 1. The summed E-state index contributed by atoms with van der Waals surface area (Å²) in [6.07, 6.45) is 3.30. The number of benzene rings is 2. The highest BCUT2D eigenvalue weighted by Crippen LogP contribution is 2.39. The normalized spacial score (nSPS) is 19.9. The topological polar surface area (TPSA) is 90.7 Å². The number of aliphatic imine (C=N–C) groups is 1. The number of carbonyl (C=O) groups is 1. The van der Waals surface area contributed by atoms with Gasteiger partial charge in [-0.1, -0.05) is 47.5 Å². The zero-order valence-corrected chi connectivity index (χ0v) is 15.8. The van der Waals surface area contributed by atoms with Crippen LogP contribution in [-0.4, -0.2) is 18.5 Å². The van der Waals surface area contributed by atoms with Crippen LogP contribution in [0.25, 0.3) is 10.8 Å². The third-order valence-electron chi connectivity index (χ3n) is 4.81. The molecule has 26 heavy (non-hydrogen) atoms. The van der Waals surface area contributed by atoms with E-state index in [1.807, 2.05) is 24.3 Å². The lowest BCUT2D eigenvalue weighted by Crippen LogP contribution is -2.28. The number of nitrogens with zero attached hydrogens (tertiary/aromatic N) is 1. The summed E-state index contributed by atoms with van der Waals surface area (Å²) in [6, 6.07) is 9.08. The molecule has 2 aromatic rings. The average Bonchev–Trinajstić information content (AvgIpc) is 2.63. The predicted octanol–water partition coefficient (Wildman–Crippen LogP) is 4.13. The van der Waals surface area contributed by atoms with Gasteiger partial charge in [-0.15, -0.1) is 0 Å². The maximum Gasteiger partial charge on any atom is 0.314 e. The van der Waals surface area contributed by atoms with E-state index >= 15 is 0 Å². The molecule has 0 aromatic heterocycles. The zero-order chi connectivity index (χ0) is 18.7. The summed E-state index contributed by atoms with van der Waals surface area (Å²) in [6.45, 7) is 0.609. The molecular formula is C19H21Cl2N3O2. The van der Waals surface area contributed by atoms with Gasteiger partial charge < -0.3 is 16.2 Å². The van der Waals surface area contributed by atoms with Gasteiger partial charge in [0.05, 0.1) is 16.0 Å². The monoisotopic (exact) mass is 393 g/mol. The van der Waals surface area contributed by atoms with E-state index in [1.165, 1.54) is 0 Å². The number of nitrogens with two attached hydrogens (primary N) is 2. The lowest BCUT2D eigenvalue weighted by atomic mass is 9.82. The Bertz CT molecular complexity index is 842. The molecule has 0 aliphatic heterocycles. The lowest BCUT2D eigenvalue weighted by molar-refractivity contribution is -0.140. The van der Waals surface area contributed by atoms with Crippen LogP contribution in [0.4, 0.5) is 0 Å². The number of guanidine groups is 1. The number of esters is 1. The van der Waals surface area contributed by atoms with Crippen molar-refractivity contribution in [1.29, 1.82) is 0 Å². The Morgan fingerprint density at radius 3 is 2.38 bits per heavy atom. The van der Waals surface area contributed by atoms with Gasteiger partial charge in [-0.25, -0.2) is 0 Å². The number of hydrogen-bond donors (Lipinski definition) is 2. The van der Waals surface area contributed by atoms with Gasteiger partial charge in [0.2, 0.25) is 0 Å². The highest BCUT2D eigenvalue weighted by atomic mass is 35.5. The number of rotatable bonds is 4. The van der Waals surface area contributed by atoms with Gasteiger partial charge in [0, 0.05) is 17.3 Å². The van der Waals surface area contributed by atoms with Crippen molar-refractivity contribution < 1.29 is 9.53 Å². The Balaban J connectivity index is 1.70. The summed E-state index contributed by atoms with van der Waals surface area (Å²) in [4.78, 5) is 16.7. The van der Waals surface area contributed by atoms with E-state index < -0.39 is 0 Å². The van der Waals surface area contributed by atoms with E-state index in [-0.39, 0.29) is 17.8 Å². The first kappa shape index (κ1) is 18.8. The van der Waals surface area contributed by atoms with Gasteiger partial charge in [0.1, 0.15) is 0 Å². The van der Waals surface area contributed by atoms with Crippen molar-refractivity contribution in [2.75, 3.05) is 6.54 Å². The van der Waals surface area contributed by atoms with Crippen LogP contribution in [0.15, 0.2) is 35.3 Å². The third kappa shape index (κ3) is 4.22. The molecule has 1 saturated carbocycles. The van der Waals surface area contributed by atoms with Crippen molar-refractivity contribution >= 4 is 45.9 Å². The number of halogens is 2. The molecule has 4 N–H and O–H groups in total. The molecule has 0 heterocycles. The van der Waals surface area contributed by atoms with E-state index in [1.54, 1.807) is 6.07 Å². The highest BCUT2D eigenvalue weighted by Gasteiger charge is 2.28. The number of ether oxygens (including phenoxy) is 1. The minimum atomic E-state index is -0.250. The van der Waals surface area contributed by atoms with Crippen LogP contribution in [0.1, 0.15) is 25.7 Å². The summed E-state index contributed by atoms with van der Waals surface area (Å²) in [5.74, 6) is 0.492. The predicted molar refractivity (Wildman–Crippen MR) is 106 cm³/mol. The van der Waals surface area contributed by atoms with Crippen LogP contribution in [0.3, 0.4) is 0 Å². The molecule has 1 fully saturated rings. The second-order valence-electron chi connectivity index (χ2n) is 6.62. The lowest BCUT2D eigenvalue weighted by Gasteiger charge is -2.26. The van der Waals surface area contributed by atoms with Crippen molar-refractivity contribution in [3.63, 3.8) is 0 Å².